The van der Waals surface area contributed by atoms with Gasteiger partial charge in [0, 0.05) is 13.1 Å². The van der Waals surface area contributed by atoms with E-state index in [1.807, 2.05) is 13.8 Å². The minimum Gasteiger partial charge on any atom is -0.465 e. The van der Waals surface area contributed by atoms with Crippen LogP contribution in [0, 0.1) is 6.92 Å². The van der Waals surface area contributed by atoms with Gasteiger partial charge in [0.1, 0.15) is 5.00 Å². The fourth-order valence-corrected chi connectivity index (χ4v) is 4.32. The van der Waals surface area contributed by atoms with E-state index >= 15 is 0 Å². The average molecular weight is 449 g/mol. The molecule has 30 heavy (non-hydrogen) atoms. The number of methoxy groups -OCH3 is 1. The van der Waals surface area contributed by atoms with Crippen LogP contribution >= 0.6 is 23.6 Å². The third-order valence-electron chi connectivity index (χ3n) is 4.45. The molecule has 0 aliphatic rings. The van der Waals surface area contributed by atoms with E-state index in [4.69, 9.17) is 22.7 Å². The number of para-hydroxylation sites is 1. The number of thiocarbonyl (C=S) groups is 1. The Kier molecular flexibility index (Phi) is 7.90. The minimum absolute atomic E-state index is 0.136. The molecule has 4 N–H and O–H groups in total. The van der Waals surface area contributed by atoms with Crippen molar-refractivity contribution in [1.82, 2.24) is 4.90 Å². The molecule has 0 fully saturated rings. The first kappa shape index (κ1) is 23.3. The number of carbonyl (C=O) groups is 3. The van der Waals surface area contributed by atoms with Crippen molar-refractivity contribution in [2.24, 2.45) is 5.73 Å². The van der Waals surface area contributed by atoms with Gasteiger partial charge in [0.2, 0.25) is 0 Å². The number of nitrogens with one attached hydrogen (secondary N) is 2. The van der Waals surface area contributed by atoms with Gasteiger partial charge in [0.15, 0.2) is 5.11 Å². The van der Waals surface area contributed by atoms with Crippen LogP contribution in [0.1, 0.15) is 49.8 Å². The fraction of sp³-hybridized carbons (Fsp3) is 0.300. The maximum atomic E-state index is 12.9. The van der Waals surface area contributed by atoms with Crippen LogP contribution in [0.5, 0.6) is 0 Å². The van der Waals surface area contributed by atoms with E-state index in [0.717, 1.165) is 11.3 Å². The summed E-state index contributed by atoms with van der Waals surface area (Å²) in [5.41, 5.74) is 6.85. The van der Waals surface area contributed by atoms with Crippen LogP contribution in [0.4, 0.5) is 10.7 Å². The topological polar surface area (TPSA) is 114 Å². The van der Waals surface area contributed by atoms with Crippen molar-refractivity contribution in [2.75, 3.05) is 30.8 Å². The van der Waals surface area contributed by atoms with Crippen molar-refractivity contribution in [2.45, 2.75) is 20.8 Å². The second-order valence-corrected chi connectivity index (χ2v) is 7.65. The standard InChI is InChI=1S/C20H24N4O4S2/c1-5-24(6-2)18(26)15-11(3)14(19(27)28-4)17(30-15)23-20(29)22-13-10-8-7-9-12(13)16(21)25/h7-10H,5-6H2,1-4H3,(H2,21,25)(H2,22,23,29). The van der Waals surface area contributed by atoms with Crippen molar-refractivity contribution in [3.05, 3.63) is 45.8 Å². The molecular formula is C20H24N4O4S2. The molecule has 0 aliphatic carbocycles. The summed E-state index contributed by atoms with van der Waals surface area (Å²) in [5.74, 6) is -1.35. The lowest BCUT2D eigenvalue weighted by Crippen LogP contribution is -2.30. The van der Waals surface area contributed by atoms with Gasteiger partial charge in [-0.25, -0.2) is 4.79 Å². The number of thiophene rings is 1. The number of anilines is 2. The van der Waals surface area contributed by atoms with Gasteiger partial charge in [0.25, 0.3) is 11.8 Å². The quantitative estimate of drug-likeness (QED) is 0.440. The van der Waals surface area contributed by atoms with Crippen LogP contribution in [0.2, 0.25) is 0 Å². The van der Waals surface area contributed by atoms with E-state index in [9.17, 15) is 14.4 Å². The Morgan fingerprint density at radius 3 is 2.37 bits per heavy atom. The Balaban J connectivity index is 2.38. The molecule has 0 saturated carbocycles. The van der Waals surface area contributed by atoms with Gasteiger partial charge >= 0.3 is 5.97 Å². The van der Waals surface area contributed by atoms with Crippen molar-refractivity contribution >= 4 is 57.1 Å². The average Bonchev–Trinajstić information content (AvgIpc) is 3.04. The summed E-state index contributed by atoms with van der Waals surface area (Å²) in [4.78, 5) is 38.9. The molecule has 0 bridgehead atoms. The largest absolute Gasteiger partial charge is 0.465 e. The van der Waals surface area contributed by atoms with Crippen LogP contribution in [-0.4, -0.2) is 48.0 Å². The Hall–Kier alpha value is -2.98. The SMILES string of the molecule is CCN(CC)C(=O)c1sc(NC(=S)Nc2ccccc2C(N)=O)c(C(=O)OC)c1C. The smallest absolute Gasteiger partial charge is 0.341 e. The molecule has 160 valence electrons. The molecular weight excluding hydrogens is 424 g/mol. The normalized spacial score (nSPS) is 10.3. The second-order valence-electron chi connectivity index (χ2n) is 6.22. The van der Waals surface area contributed by atoms with Gasteiger partial charge < -0.3 is 26.0 Å². The first-order valence-corrected chi connectivity index (χ1v) is 10.4. The summed E-state index contributed by atoms with van der Waals surface area (Å²) in [7, 11) is 1.27. The van der Waals surface area contributed by atoms with Crippen molar-refractivity contribution in [1.29, 1.82) is 0 Å². The van der Waals surface area contributed by atoms with Crippen LogP contribution in [-0.2, 0) is 4.74 Å². The zero-order chi connectivity index (χ0) is 22.4. The molecule has 1 heterocycles. The summed E-state index contributed by atoms with van der Waals surface area (Å²) in [6, 6.07) is 6.64. The minimum atomic E-state index is -0.602. The van der Waals surface area contributed by atoms with Crippen LogP contribution < -0.4 is 16.4 Å². The lowest BCUT2D eigenvalue weighted by Gasteiger charge is -2.18. The lowest BCUT2D eigenvalue weighted by molar-refractivity contribution is 0.0601. The monoisotopic (exact) mass is 448 g/mol. The molecule has 2 rings (SSSR count). The van der Waals surface area contributed by atoms with Gasteiger partial charge in [-0.15, -0.1) is 11.3 Å². The predicted octanol–water partition coefficient (Wildman–Crippen LogP) is 3.23. The molecule has 2 aromatic rings. The summed E-state index contributed by atoms with van der Waals surface area (Å²) < 4.78 is 4.89. The zero-order valence-electron chi connectivity index (χ0n) is 17.2. The van der Waals surface area contributed by atoms with Crippen LogP contribution in [0.25, 0.3) is 0 Å². The molecule has 1 aromatic carbocycles. The third-order valence-corrected chi connectivity index (χ3v) is 5.85. The lowest BCUT2D eigenvalue weighted by atomic mass is 10.1. The molecule has 1 aromatic heterocycles. The van der Waals surface area contributed by atoms with Gasteiger partial charge in [0.05, 0.1) is 28.8 Å². The van der Waals surface area contributed by atoms with E-state index in [-0.39, 0.29) is 22.1 Å². The van der Waals surface area contributed by atoms with Crippen molar-refractivity contribution in [3.8, 4) is 0 Å². The third kappa shape index (κ3) is 4.95. The molecule has 0 unspecified atom stereocenters. The number of benzene rings is 1. The maximum absolute atomic E-state index is 12.9. The van der Waals surface area contributed by atoms with Gasteiger partial charge in [-0.2, -0.15) is 0 Å². The van der Waals surface area contributed by atoms with E-state index < -0.39 is 11.9 Å². The fourth-order valence-electron chi connectivity index (χ4n) is 2.87. The second kappa shape index (κ2) is 10.2. The van der Waals surface area contributed by atoms with E-state index in [1.54, 1.807) is 36.1 Å². The van der Waals surface area contributed by atoms with Crippen LogP contribution in [0.3, 0.4) is 0 Å². The maximum Gasteiger partial charge on any atom is 0.341 e. The summed E-state index contributed by atoms with van der Waals surface area (Å²) in [5, 5.41) is 6.37. The number of primary amides is 1. The van der Waals surface area contributed by atoms with Crippen LogP contribution in [0.15, 0.2) is 24.3 Å². The first-order valence-electron chi connectivity index (χ1n) is 9.22. The Bertz CT molecular complexity index is 983. The number of amides is 2. The Morgan fingerprint density at radius 2 is 1.80 bits per heavy atom. The molecule has 8 nitrogen and oxygen atoms in total. The van der Waals surface area contributed by atoms with E-state index in [0.29, 0.717) is 34.2 Å². The van der Waals surface area contributed by atoms with E-state index in [2.05, 4.69) is 10.6 Å². The Labute approximate surface area is 184 Å². The van der Waals surface area contributed by atoms with E-state index in [1.165, 1.54) is 7.11 Å². The summed E-state index contributed by atoms with van der Waals surface area (Å²) in [6.45, 7) is 6.57. The number of nitrogens with two attached hydrogens (primary N) is 1. The number of esters is 1. The summed E-state index contributed by atoms with van der Waals surface area (Å²) >= 11 is 6.47. The van der Waals surface area contributed by atoms with Crippen molar-refractivity contribution < 1.29 is 19.1 Å². The highest BCUT2D eigenvalue weighted by Crippen LogP contribution is 2.34. The molecule has 0 saturated heterocycles. The predicted molar refractivity (Wildman–Crippen MR) is 122 cm³/mol. The highest BCUT2D eigenvalue weighted by molar-refractivity contribution is 7.80. The van der Waals surface area contributed by atoms with Gasteiger partial charge in [-0.3, -0.25) is 9.59 Å². The van der Waals surface area contributed by atoms with Gasteiger partial charge in [-0.1, -0.05) is 12.1 Å². The molecule has 10 heteroatoms. The molecule has 0 atom stereocenters. The molecule has 2 amide bonds. The summed E-state index contributed by atoms with van der Waals surface area (Å²) in [6.07, 6.45) is 0. The number of carbonyl (C=O) groups excluding carboxylic acids is 3. The number of hydrogen-bond acceptors (Lipinski definition) is 6. The Morgan fingerprint density at radius 1 is 1.17 bits per heavy atom. The molecule has 0 aliphatic heterocycles. The van der Waals surface area contributed by atoms with Gasteiger partial charge in [-0.05, 0) is 50.7 Å². The highest BCUT2D eigenvalue weighted by Gasteiger charge is 2.27. The number of hydrogen-bond donors (Lipinski definition) is 3. The number of rotatable bonds is 7. The molecule has 0 spiro atoms. The van der Waals surface area contributed by atoms with Crippen molar-refractivity contribution in [3.63, 3.8) is 0 Å². The molecule has 0 radical (unpaired) electrons. The number of nitrogens with zero attached hydrogens (tertiary/aromatic N) is 1. The zero-order valence-corrected chi connectivity index (χ0v) is 18.8. The first-order chi connectivity index (χ1) is 14.2. The highest BCUT2D eigenvalue weighted by atomic mass is 32.1. The number of ether oxygens (including phenoxy) is 1.